The van der Waals surface area contributed by atoms with Crippen LogP contribution in [0.5, 0.6) is 5.75 Å². The Labute approximate surface area is 87.1 Å². The number of hydrogen-bond acceptors (Lipinski definition) is 3. The van der Waals surface area contributed by atoms with Gasteiger partial charge in [-0.25, -0.2) is 0 Å². The van der Waals surface area contributed by atoms with Gasteiger partial charge in [-0.05, 0) is 17.7 Å². The molecule has 0 bridgehead atoms. The average molecular weight is 205 g/mol. The molecule has 0 aromatic heterocycles. The molecule has 1 aliphatic rings. The normalized spacial score (nSPS) is 16.2. The first-order chi connectivity index (χ1) is 7.08. The fourth-order valence-electron chi connectivity index (χ4n) is 1.73. The van der Waals surface area contributed by atoms with E-state index in [9.17, 15) is 14.7 Å². The Morgan fingerprint density at radius 3 is 2.80 bits per heavy atom. The van der Waals surface area contributed by atoms with Gasteiger partial charge in [0.15, 0.2) is 5.78 Å². The van der Waals surface area contributed by atoms with Gasteiger partial charge in [-0.2, -0.15) is 0 Å². The van der Waals surface area contributed by atoms with E-state index in [4.69, 9.17) is 0 Å². The average Bonchev–Trinajstić information content (AvgIpc) is 2.27. The number of carbonyl (C=O) groups excluding carboxylic acids is 2. The van der Waals surface area contributed by atoms with Crippen LogP contribution in [-0.2, 0) is 11.2 Å². The number of carbonyl (C=O) groups is 2. The molecule has 1 aromatic rings. The number of ketones is 1. The Kier molecular flexibility index (Phi) is 2.19. The standard InChI is InChI=1S/C11H11NO3/c1-12-6-9(14)4-7-2-3-8(13)5-10(7)11(12)15/h2-3,5,13H,4,6H2,1H3. The van der Waals surface area contributed by atoms with Crippen molar-refractivity contribution in [2.45, 2.75) is 6.42 Å². The molecule has 0 spiro atoms. The van der Waals surface area contributed by atoms with Crippen molar-refractivity contribution >= 4 is 11.7 Å². The van der Waals surface area contributed by atoms with Crippen molar-refractivity contribution in [2.75, 3.05) is 13.6 Å². The number of phenols is 1. The summed E-state index contributed by atoms with van der Waals surface area (Å²) < 4.78 is 0. The van der Waals surface area contributed by atoms with Crippen LogP contribution in [-0.4, -0.2) is 35.3 Å². The second-order valence-corrected chi connectivity index (χ2v) is 3.72. The first-order valence-electron chi connectivity index (χ1n) is 4.67. The lowest BCUT2D eigenvalue weighted by Crippen LogP contribution is -2.29. The second-order valence-electron chi connectivity index (χ2n) is 3.72. The van der Waals surface area contributed by atoms with Crippen LogP contribution in [0.1, 0.15) is 15.9 Å². The monoisotopic (exact) mass is 205 g/mol. The van der Waals surface area contributed by atoms with Gasteiger partial charge in [0.25, 0.3) is 5.91 Å². The number of hydrogen-bond donors (Lipinski definition) is 1. The Morgan fingerprint density at radius 2 is 2.07 bits per heavy atom. The van der Waals surface area contributed by atoms with Crippen LogP contribution in [0.25, 0.3) is 0 Å². The summed E-state index contributed by atoms with van der Waals surface area (Å²) in [5.74, 6) is -0.160. The first kappa shape index (κ1) is 9.71. The summed E-state index contributed by atoms with van der Waals surface area (Å²) in [6.07, 6.45) is 0.256. The number of benzene rings is 1. The Bertz CT molecular complexity index is 439. The van der Waals surface area contributed by atoms with E-state index in [0.717, 1.165) is 0 Å². The molecule has 1 amide bonds. The largest absolute Gasteiger partial charge is 0.508 e. The molecule has 0 saturated carbocycles. The first-order valence-corrected chi connectivity index (χ1v) is 4.67. The minimum absolute atomic E-state index is 0.00953. The molecule has 2 rings (SSSR count). The predicted molar refractivity (Wildman–Crippen MR) is 53.8 cm³/mol. The highest BCUT2D eigenvalue weighted by atomic mass is 16.3. The molecular weight excluding hydrogens is 194 g/mol. The number of rotatable bonds is 0. The molecule has 0 atom stereocenters. The number of nitrogens with zero attached hydrogens (tertiary/aromatic N) is 1. The quantitative estimate of drug-likeness (QED) is 0.674. The third-order valence-electron chi connectivity index (χ3n) is 2.47. The molecule has 0 fully saturated rings. The predicted octanol–water partition coefficient (Wildman–Crippen LogP) is 0.589. The molecule has 1 aromatic carbocycles. The highest BCUT2D eigenvalue weighted by Crippen LogP contribution is 2.21. The van der Waals surface area contributed by atoms with Gasteiger partial charge in [-0.15, -0.1) is 0 Å². The summed E-state index contributed by atoms with van der Waals surface area (Å²) >= 11 is 0. The van der Waals surface area contributed by atoms with E-state index in [2.05, 4.69) is 0 Å². The SMILES string of the molecule is CN1CC(=O)Cc2ccc(O)cc2C1=O. The molecular formula is C11H11NO3. The third-order valence-corrected chi connectivity index (χ3v) is 2.47. The van der Waals surface area contributed by atoms with Crippen molar-refractivity contribution in [3.05, 3.63) is 29.3 Å². The smallest absolute Gasteiger partial charge is 0.254 e. The van der Waals surface area contributed by atoms with Crippen molar-refractivity contribution in [3.8, 4) is 5.75 Å². The molecule has 78 valence electrons. The fourth-order valence-corrected chi connectivity index (χ4v) is 1.73. The van der Waals surface area contributed by atoms with Crippen LogP contribution >= 0.6 is 0 Å². The van der Waals surface area contributed by atoms with E-state index in [-0.39, 0.29) is 30.4 Å². The summed E-state index contributed by atoms with van der Waals surface area (Å²) in [4.78, 5) is 24.6. The van der Waals surface area contributed by atoms with Gasteiger partial charge >= 0.3 is 0 Å². The highest BCUT2D eigenvalue weighted by Gasteiger charge is 2.23. The molecule has 15 heavy (non-hydrogen) atoms. The summed E-state index contributed by atoms with van der Waals surface area (Å²) in [5.41, 5.74) is 1.11. The molecule has 1 aliphatic heterocycles. The van der Waals surface area contributed by atoms with Crippen molar-refractivity contribution in [2.24, 2.45) is 0 Å². The number of aromatic hydroxyl groups is 1. The Hall–Kier alpha value is -1.84. The lowest BCUT2D eigenvalue weighted by molar-refractivity contribution is -0.118. The fraction of sp³-hybridized carbons (Fsp3) is 0.273. The molecule has 4 heteroatoms. The van der Waals surface area contributed by atoms with Crippen LogP contribution in [0, 0.1) is 0 Å². The van der Waals surface area contributed by atoms with Crippen LogP contribution < -0.4 is 0 Å². The van der Waals surface area contributed by atoms with Crippen molar-refractivity contribution in [3.63, 3.8) is 0 Å². The lowest BCUT2D eigenvalue weighted by Gasteiger charge is -2.13. The zero-order valence-corrected chi connectivity index (χ0v) is 8.36. The van der Waals surface area contributed by atoms with Gasteiger partial charge in [-0.1, -0.05) is 6.07 Å². The van der Waals surface area contributed by atoms with E-state index in [1.165, 1.54) is 17.0 Å². The van der Waals surface area contributed by atoms with Gasteiger partial charge in [0.1, 0.15) is 5.75 Å². The molecule has 1 heterocycles. The van der Waals surface area contributed by atoms with Crippen molar-refractivity contribution in [1.82, 2.24) is 4.90 Å². The maximum Gasteiger partial charge on any atom is 0.254 e. The summed E-state index contributed by atoms with van der Waals surface area (Å²) in [6.45, 7) is 0.133. The number of phenolic OH excluding ortho intramolecular Hbond substituents is 1. The van der Waals surface area contributed by atoms with Crippen molar-refractivity contribution < 1.29 is 14.7 Å². The van der Waals surface area contributed by atoms with E-state index in [1.807, 2.05) is 0 Å². The minimum Gasteiger partial charge on any atom is -0.508 e. The van der Waals surface area contributed by atoms with Crippen molar-refractivity contribution in [1.29, 1.82) is 0 Å². The highest BCUT2D eigenvalue weighted by molar-refractivity contribution is 6.01. The zero-order chi connectivity index (χ0) is 11.0. The Balaban J connectivity index is 2.55. The lowest BCUT2D eigenvalue weighted by atomic mass is 10.0. The van der Waals surface area contributed by atoms with Crippen LogP contribution in [0.2, 0.25) is 0 Å². The number of amides is 1. The maximum absolute atomic E-state index is 11.8. The van der Waals surface area contributed by atoms with E-state index >= 15 is 0 Å². The molecule has 0 aliphatic carbocycles. The zero-order valence-electron chi connectivity index (χ0n) is 8.36. The summed E-state index contributed by atoms with van der Waals surface area (Å²) in [5, 5.41) is 9.29. The third kappa shape index (κ3) is 1.70. The second kappa shape index (κ2) is 3.38. The van der Waals surface area contributed by atoms with Crippen LogP contribution in [0.4, 0.5) is 0 Å². The number of fused-ring (bicyclic) bond motifs is 1. The van der Waals surface area contributed by atoms with E-state index in [0.29, 0.717) is 11.1 Å². The summed E-state index contributed by atoms with van der Waals surface area (Å²) in [6, 6.07) is 4.52. The molecule has 0 unspecified atom stereocenters. The van der Waals surface area contributed by atoms with Gasteiger partial charge < -0.3 is 10.0 Å². The van der Waals surface area contributed by atoms with Crippen LogP contribution in [0.3, 0.4) is 0 Å². The van der Waals surface area contributed by atoms with Gasteiger partial charge in [0.05, 0.1) is 6.54 Å². The van der Waals surface area contributed by atoms with E-state index in [1.54, 1.807) is 13.1 Å². The van der Waals surface area contributed by atoms with E-state index < -0.39 is 0 Å². The number of Topliss-reactive ketones (excluding diaryl/α,β-unsaturated/α-hetero) is 1. The molecule has 1 N–H and O–H groups in total. The van der Waals surface area contributed by atoms with Gasteiger partial charge in [-0.3, -0.25) is 9.59 Å². The van der Waals surface area contributed by atoms with Gasteiger partial charge in [0.2, 0.25) is 0 Å². The summed E-state index contributed by atoms with van der Waals surface area (Å²) in [7, 11) is 1.58. The maximum atomic E-state index is 11.8. The molecule has 0 saturated heterocycles. The molecule has 4 nitrogen and oxygen atoms in total. The number of likely N-dealkylation sites (N-methyl/N-ethyl adjacent to an activating group) is 1. The van der Waals surface area contributed by atoms with Crippen LogP contribution in [0.15, 0.2) is 18.2 Å². The Morgan fingerprint density at radius 1 is 1.33 bits per heavy atom. The minimum atomic E-state index is -0.216. The molecule has 0 radical (unpaired) electrons. The van der Waals surface area contributed by atoms with Gasteiger partial charge in [0, 0.05) is 19.0 Å². The topological polar surface area (TPSA) is 57.6 Å².